The Hall–Kier alpha value is -2.37. The monoisotopic (exact) mass is 448 g/mol. The van der Waals surface area contributed by atoms with Gasteiger partial charge in [0, 0.05) is 45.8 Å². The molecule has 3 unspecified atom stereocenters. The van der Waals surface area contributed by atoms with Crippen LogP contribution in [0.1, 0.15) is 42.1 Å². The van der Waals surface area contributed by atoms with Crippen molar-refractivity contribution in [3.05, 3.63) is 71.3 Å². The van der Waals surface area contributed by atoms with Crippen LogP contribution >= 0.6 is 0 Å². The highest BCUT2D eigenvalue weighted by molar-refractivity contribution is 5.79. The Labute approximate surface area is 199 Å². The normalized spacial score (nSPS) is 24.1. The summed E-state index contributed by atoms with van der Waals surface area (Å²) in [5, 5.41) is 7.16. The van der Waals surface area contributed by atoms with Gasteiger partial charge in [0.1, 0.15) is 0 Å². The number of nitrogens with one attached hydrogen (secondary N) is 2. The first kappa shape index (κ1) is 23.8. The van der Waals surface area contributed by atoms with E-state index in [1.807, 2.05) is 7.05 Å². The molecule has 2 fully saturated rings. The molecule has 2 aromatic carbocycles. The van der Waals surface area contributed by atoms with Crippen molar-refractivity contribution in [2.45, 2.75) is 38.7 Å². The minimum absolute atomic E-state index is 0.165. The van der Waals surface area contributed by atoms with E-state index in [-0.39, 0.29) is 6.10 Å². The molecule has 0 amide bonds. The minimum Gasteiger partial charge on any atom is -0.373 e. The number of benzene rings is 2. The van der Waals surface area contributed by atoms with Crippen LogP contribution in [0.4, 0.5) is 0 Å². The SMILES string of the molecule is CN=C(NCC1CCN(CCc2ccccc2)C1)NCC1CCCOC1c1ccc(C)cc1. The molecule has 0 saturated carbocycles. The molecule has 178 valence electrons. The third-order valence-corrected chi connectivity index (χ3v) is 7.09. The van der Waals surface area contributed by atoms with Crippen LogP contribution in [0.5, 0.6) is 0 Å². The van der Waals surface area contributed by atoms with E-state index in [0.29, 0.717) is 11.8 Å². The Kier molecular flexibility index (Phi) is 8.79. The van der Waals surface area contributed by atoms with Gasteiger partial charge in [0.15, 0.2) is 5.96 Å². The Morgan fingerprint density at radius 3 is 2.61 bits per heavy atom. The van der Waals surface area contributed by atoms with Crippen LogP contribution in [0.3, 0.4) is 0 Å². The van der Waals surface area contributed by atoms with Crippen LogP contribution in [0.25, 0.3) is 0 Å². The first-order valence-electron chi connectivity index (χ1n) is 12.6. The van der Waals surface area contributed by atoms with Crippen LogP contribution in [0, 0.1) is 18.8 Å². The van der Waals surface area contributed by atoms with Crippen molar-refractivity contribution in [2.24, 2.45) is 16.8 Å². The second-order valence-electron chi connectivity index (χ2n) is 9.63. The molecule has 4 rings (SSSR count). The Morgan fingerprint density at radius 1 is 1.03 bits per heavy atom. The number of rotatable bonds is 8. The zero-order valence-corrected chi connectivity index (χ0v) is 20.3. The molecule has 3 atom stereocenters. The molecule has 5 nitrogen and oxygen atoms in total. The molecule has 0 spiro atoms. The third kappa shape index (κ3) is 7.05. The summed E-state index contributed by atoms with van der Waals surface area (Å²) in [7, 11) is 1.87. The molecular weight excluding hydrogens is 408 g/mol. The summed E-state index contributed by atoms with van der Waals surface area (Å²) >= 11 is 0. The van der Waals surface area contributed by atoms with Gasteiger partial charge in [-0.2, -0.15) is 0 Å². The average Bonchev–Trinajstić information content (AvgIpc) is 3.32. The van der Waals surface area contributed by atoms with Gasteiger partial charge < -0.3 is 20.3 Å². The van der Waals surface area contributed by atoms with Gasteiger partial charge in [-0.15, -0.1) is 0 Å². The fourth-order valence-corrected chi connectivity index (χ4v) is 5.08. The van der Waals surface area contributed by atoms with E-state index in [1.165, 1.54) is 42.6 Å². The van der Waals surface area contributed by atoms with Crippen molar-refractivity contribution >= 4 is 5.96 Å². The lowest BCUT2D eigenvalue weighted by molar-refractivity contribution is -0.0265. The number of hydrogen-bond donors (Lipinski definition) is 2. The van der Waals surface area contributed by atoms with Crippen molar-refractivity contribution in [1.82, 2.24) is 15.5 Å². The topological polar surface area (TPSA) is 48.9 Å². The second-order valence-corrected chi connectivity index (χ2v) is 9.63. The van der Waals surface area contributed by atoms with Gasteiger partial charge in [0.2, 0.25) is 0 Å². The summed E-state index contributed by atoms with van der Waals surface area (Å²) < 4.78 is 6.18. The maximum Gasteiger partial charge on any atom is 0.190 e. The van der Waals surface area contributed by atoms with E-state index < -0.39 is 0 Å². The molecule has 33 heavy (non-hydrogen) atoms. The molecule has 0 aliphatic carbocycles. The van der Waals surface area contributed by atoms with Gasteiger partial charge in [-0.25, -0.2) is 0 Å². The van der Waals surface area contributed by atoms with Crippen molar-refractivity contribution in [3.63, 3.8) is 0 Å². The van der Waals surface area contributed by atoms with E-state index >= 15 is 0 Å². The molecule has 2 N–H and O–H groups in total. The number of aryl methyl sites for hydroxylation is 1. The quantitative estimate of drug-likeness (QED) is 0.470. The van der Waals surface area contributed by atoms with Crippen molar-refractivity contribution in [2.75, 3.05) is 46.4 Å². The molecule has 5 heteroatoms. The lowest BCUT2D eigenvalue weighted by atomic mass is 9.89. The predicted octanol–water partition coefficient (Wildman–Crippen LogP) is 4.19. The molecule has 2 heterocycles. The van der Waals surface area contributed by atoms with Crippen molar-refractivity contribution in [3.8, 4) is 0 Å². The Bertz CT molecular complexity index is 867. The number of guanidine groups is 1. The molecule has 0 bridgehead atoms. The fraction of sp³-hybridized carbons (Fsp3) is 0.536. The molecule has 0 aromatic heterocycles. The smallest absolute Gasteiger partial charge is 0.190 e. The van der Waals surface area contributed by atoms with E-state index in [9.17, 15) is 0 Å². The van der Waals surface area contributed by atoms with Gasteiger partial charge in [-0.1, -0.05) is 60.2 Å². The maximum atomic E-state index is 6.18. The first-order valence-corrected chi connectivity index (χ1v) is 12.6. The predicted molar refractivity (Wildman–Crippen MR) is 137 cm³/mol. The van der Waals surface area contributed by atoms with Crippen LogP contribution in [0.2, 0.25) is 0 Å². The van der Waals surface area contributed by atoms with Gasteiger partial charge >= 0.3 is 0 Å². The summed E-state index contributed by atoms with van der Waals surface area (Å²) in [6.45, 7) is 8.36. The van der Waals surface area contributed by atoms with Crippen LogP contribution in [0.15, 0.2) is 59.6 Å². The summed E-state index contributed by atoms with van der Waals surface area (Å²) in [4.78, 5) is 7.08. The van der Waals surface area contributed by atoms with Gasteiger partial charge in [-0.05, 0) is 56.2 Å². The zero-order valence-electron chi connectivity index (χ0n) is 20.3. The summed E-state index contributed by atoms with van der Waals surface area (Å²) in [5.74, 6) is 2.04. The van der Waals surface area contributed by atoms with Gasteiger partial charge in [0.05, 0.1) is 6.10 Å². The van der Waals surface area contributed by atoms with E-state index in [0.717, 1.165) is 45.0 Å². The third-order valence-electron chi connectivity index (χ3n) is 7.09. The molecule has 2 aliphatic heterocycles. The maximum absolute atomic E-state index is 6.18. The zero-order chi connectivity index (χ0) is 22.9. The van der Waals surface area contributed by atoms with E-state index in [4.69, 9.17) is 4.74 Å². The number of ether oxygens (including phenoxy) is 1. The lowest BCUT2D eigenvalue weighted by Gasteiger charge is -2.32. The summed E-state index contributed by atoms with van der Waals surface area (Å²) in [5.41, 5.74) is 4.01. The molecular formula is C28H40N4O. The molecule has 2 aliphatic rings. The average molecular weight is 449 g/mol. The standard InChI is InChI=1S/C28H40N4O/c1-22-10-12-25(13-11-22)27-26(9-6-18-33-27)20-31-28(29-2)30-19-24-15-17-32(21-24)16-14-23-7-4-3-5-8-23/h3-5,7-8,10-13,24,26-27H,6,9,14-21H2,1-2H3,(H2,29,30,31). The number of likely N-dealkylation sites (tertiary alicyclic amines) is 1. The number of hydrogen-bond acceptors (Lipinski definition) is 3. The second kappa shape index (κ2) is 12.2. The van der Waals surface area contributed by atoms with Crippen LogP contribution in [-0.2, 0) is 11.2 Å². The fourth-order valence-electron chi connectivity index (χ4n) is 5.08. The highest BCUT2D eigenvalue weighted by Crippen LogP contribution is 2.33. The number of nitrogens with zero attached hydrogens (tertiary/aromatic N) is 2. The highest BCUT2D eigenvalue weighted by atomic mass is 16.5. The van der Waals surface area contributed by atoms with Crippen molar-refractivity contribution in [1.29, 1.82) is 0 Å². The molecule has 2 aromatic rings. The van der Waals surface area contributed by atoms with E-state index in [2.05, 4.69) is 82.0 Å². The summed E-state index contributed by atoms with van der Waals surface area (Å²) in [6.07, 6.45) is 4.86. The van der Waals surface area contributed by atoms with E-state index in [1.54, 1.807) is 0 Å². The Morgan fingerprint density at radius 2 is 1.82 bits per heavy atom. The molecule has 2 saturated heterocycles. The Balaban J connectivity index is 1.20. The minimum atomic E-state index is 0.165. The van der Waals surface area contributed by atoms with Crippen LogP contribution in [-0.4, -0.2) is 57.2 Å². The summed E-state index contributed by atoms with van der Waals surface area (Å²) in [6, 6.07) is 19.6. The molecule has 0 radical (unpaired) electrons. The van der Waals surface area contributed by atoms with Gasteiger partial charge in [-0.3, -0.25) is 4.99 Å². The van der Waals surface area contributed by atoms with Gasteiger partial charge in [0.25, 0.3) is 0 Å². The number of aliphatic imine (C=N–C) groups is 1. The largest absolute Gasteiger partial charge is 0.373 e. The highest BCUT2D eigenvalue weighted by Gasteiger charge is 2.28. The van der Waals surface area contributed by atoms with Crippen LogP contribution < -0.4 is 10.6 Å². The first-order chi connectivity index (χ1) is 16.2. The lowest BCUT2D eigenvalue weighted by Crippen LogP contribution is -2.43. The van der Waals surface area contributed by atoms with Crippen molar-refractivity contribution < 1.29 is 4.74 Å².